The van der Waals surface area contributed by atoms with Gasteiger partial charge in [-0.25, -0.2) is 18.5 Å². The lowest BCUT2D eigenvalue weighted by Gasteiger charge is -2.02. The summed E-state index contributed by atoms with van der Waals surface area (Å²) in [5.41, 5.74) is 0. The molecule has 0 aliphatic carbocycles. The number of rotatable bonds is 3. The Morgan fingerprint density at radius 1 is 1.38 bits per heavy atom. The van der Waals surface area contributed by atoms with Crippen LogP contribution in [0.3, 0.4) is 0 Å². The van der Waals surface area contributed by atoms with Crippen molar-refractivity contribution in [3.8, 4) is 0 Å². The van der Waals surface area contributed by atoms with E-state index in [9.17, 15) is 8.42 Å². The molecule has 0 unspecified atom stereocenters. The molecule has 2 N–H and O–H groups in total. The van der Waals surface area contributed by atoms with Crippen molar-refractivity contribution in [2.75, 3.05) is 11.6 Å². The van der Waals surface area contributed by atoms with Crippen LogP contribution < -0.4 is 5.32 Å². The number of aromatic nitrogens is 4. The van der Waals surface area contributed by atoms with Crippen LogP contribution in [-0.2, 0) is 9.84 Å². The van der Waals surface area contributed by atoms with Crippen molar-refractivity contribution in [2.24, 2.45) is 0 Å². The van der Waals surface area contributed by atoms with E-state index in [1.807, 2.05) is 0 Å². The molecule has 0 aromatic carbocycles. The first-order valence-electron chi connectivity index (χ1n) is 4.35. The van der Waals surface area contributed by atoms with Gasteiger partial charge in [0.1, 0.15) is 12.1 Å². The maximum Gasteiger partial charge on any atom is 0.224 e. The maximum atomic E-state index is 11.3. The van der Waals surface area contributed by atoms with E-state index in [1.54, 1.807) is 12.1 Å². The Kier molecular flexibility index (Phi) is 2.57. The third-order valence-corrected chi connectivity index (χ3v) is 2.75. The predicted molar refractivity (Wildman–Crippen MR) is 57.0 cm³/mol. The molecule has 2 heterocycles. The fourth-order valence-electron chi connectivity index (χ4n) is 1.08. The smallest absolute Gasteiger partial charge is 0.224 e. The molecule has 2 rings (SSSR count). The number of H-pyrrole nitrogens is 1. The molecule has 84 valence electrons. The average molecular weight is 239 g/mol. The van der Waals surface area contributed by atoms with Crippen LogP contribution in [0, 0.1) is 0 Å². The summed E-state index contributed by atoms with van der Waals surface area (Å²) in [7, 11) is -3.30. The van der Waals surface area contributed by atoms with Gasteiger partial charge < -0.3 is 5.32 Å². The maximum absolute atomic E-state index is 11.3. The van der Waals surface area contributed by atoms with Crippen LogP contribution in [0.15, 0.2) is 29.6 Å². The molecule has 0 spiro atoms. The first-order chi connectivity index (χ1) is 7.55. The minimum absolute atomic E-state index is 0.0111. The highest BCUT2D eigenvalue weighted by molar-refractivity contribution is 7.90. The monoisotopic (exact) mass is 239 g/mol. The summed E-state index contributed by atoms with van der Waals surface area (Å²) in [4.78, 5) is 7.77. The van der Waals surface area contributed by atoms with E-state index in [0.717, 1.165) is 6.26 Å². The minimum atomic E-state index is -3.30. The Bertz CT molecular complexity index is 578. The van der Waals surface area contributed by atoms with Crippen molar-refractivity contribution in [1.29, 1.82) is 0 Å². The Balaban J connectivity index is 2.30. The van der Waals surface area contributed by atoms with Gasteiger partial charge in [-0.1, -0.05) is 6.07 Å². The Morgan fingerprint density at radius 3 is 2.81 bits per heavy atom. The second-order valence-electron chi connectivity index (χ2n) is 3.09. The van der Waals surface area contributed by atoms with Crippen molar-refractivity contribution >= 4 is 21.6 Å². The Morgan fingerprint density at radius 2 is 2.19 bits per heavy atom. The third-order valence-electron chi connectivity index (χ3n) is 1.76. The summed E-state index contributed by atoms with van der Waals surface area (Å²) >= 11 is 0. The van der Waals surface area contributed by atoms with Crippen molar-refractivity contribution < 1.29 is 8.42 Å². The highest BCUT2D eigenvalue weighted by atomic mass is 32.2. The van der Waals surface area contributed by atoms with E-state index in [0.29, 0.717) is 11.8 Å². The number of hydrogen-bond donors (Lipinski definition) is 2. The molecule has 16 heavy (non-hydrogen) atoms. The fourth-order valence-corrected chi connectivity index (χ4v) is 1.67. The zero-order valence-corrected chi connectivity index (χ0v) is 9.19. The lowest BCUT2D eigenvalue weighted by atomic mass is 10.5. The molecule has 0 aliphatic rings. The summed E-state index contributed by atoms with van der Waals surface area (Å²) < 4.78 is 22.5. The van der Waals surface area contributed by atoms with Gasteiger partial charge in [0, 0.05) is 6.26 Å². The summed E-state index contributed by atoms with van der Waals surface area (Å²) in [6.45, 7) is 0. The largest absolute Gasteiger partial charge is 0.309 e. The third kappa shape index (κ3) is 2.34. The lowest BCUT2D eigenvalue weighted by molar-refractivity contribution is 0.598. The number of nitrogens with zero attached hydrogens (tertiary/aromatic N) is 3. The average Bonchev–Trinajstić information content (AvgIpc) is 2.70. The molecule has 0 aliphatic heterocycles. The minimum Gasteiger partial charge on any atom is -0.309 e. The molecule has 2 aromatic rings. The van der Waals surface area contributed by atoms with E-state index in [2.05, 4.69) is 25.5 Å². The Labute approximate surface area is 91.9 Å². The highest BCUT2D eigenvalue weighted by Crippen LogP contribution is 2.12. The van der Waals surface area contributed by atoms with Crippen LogP contribution in [0.1, 0.15) is 0 Å². The fraction of sp³-hybridized carbons (Fsp3) is 0.125. The van der Waals surface area contributed by atoms with Crippen molar-refractivity contribution in [3.05, 3.63) is 24.5 Å². The zero-order chi connectivity index (χ0) is 11.6. The molecule has 0 amide bonds. The van der Waals surface area contributed by atoms with Crippen LogP contribution >= 0.6 is 0 Å². The van der Waals surface area contributed by atoms with Gasteiger partial charge in [0.05, 0.1) is 0 Å². The molecule has 0 radical (unpaired) electrons. The molecule has 0 saturated heterocycles. The van der Waals surface area contributed by atoms with Gasteiger partial charge >= 0.3 is 0 Å². The van der Waals surface area contributed by atoms with Gasteiger partial charge in [-0.15, -0.1) is 0 Å². The lowest BCUT2D eigenvalue weighted by Crippen LogP contribution is -2.03. The van der Waals surface area contributed by atoms with Gasteiger partial charge in [0.15, 0.2) is 14.9 Å². The summed E-state index contributed by atoms with van der Waals surface area (Å²) in [6, 6.07) is 4.67. The predicted octanol–water partition coefficient (Wildman–Crippen LogP) is 0.347. The zero-order valence-electron chi connectivity index (χ0n) is 8.38. The van der Waals surface area contributed by atoms with E-state index in [4.69, 9.17) is 0 Å². The second-order valence-corrected chi connectivity index (χ2v) is 5.05. The standard InChI is InChI=1S/C8H9N5O2S/c1-16(14,15)7-4-2-3-6(11-7)12-8-9-5-10-13-8/h2-5H,1H3,(H2,9,10,11,12,13). The topological polar surface area (TPSA) is 101 Å². The molecule has 0 fully saturated rings. The molecule has 0 atom stereocenters. The van der Waals surface area contributed by atoms with Gasteiger partial charge in [0.25, 0.3) is 0 Å². The Hall–Kier alpha value is -1.96. The SMILES string of the molecule is CS(=O)(=O)c1cccc(Nc2ncn[nH]2)n1. The first-order valence-corrected chi connectivity index (χ1v) is 6.24. The van der Waals surface area contributed by atoms with Gasteiger partial charge in [-0.3, -0.25) is 0 Å². The first kappa shape index (κ1) is 10.6. The summed E-state index contributed by atoms with van der Waals surface area (Å²) in [5, 5.41) is 9.03. The van der Waals surface area contributed by atoms with Gasteiger partial charge in [-0.2, -0.15) is 10.1 Å². The van der Waals surface area contributed by atoms with Crippen LogP contribution in [-0.4, -0.2) is 34.8 Å². The number of anilines is 2. The summed E-state index contributed by atoms with van der Waals surface area (Å²) in [6.07, 6.45) is 2.44. The quantitative estimate of drug-likeness (QED) is 0.801. The van der Waals surface area contributed by atoms with Gasteiger partial charge in [-0.05, 0) is 12.1 Å². The van der Waals surface area contributed by atoms with Crippen LogP contribution in [0.5, 0.6) is 0 Å². The molecule has 0 bridgehead atoms. The van der Waals surface area contributed by atoms with Crippen LogP contribution in [0.2, 0.25) is 0 Å². The van der Waals surface area contributed by atoms with E-state index >= 15 is 0 Å². The van der Waals surface area contributed by atoms with Gasteiger partial charge in [0.2, 0.25) is 5.95 Å². The number of sulfone groups is 1. The highest BCUT2D eigenvalue weighted by Gasteiger charge is 2.09. The molecule has 8 heteroatoms. The van der Waals surface area contributed by atoms with Crippen molar-refractivity contribution in [3.63, 3.8) is 0 Å². The molecular formula is C8H9N5O2S. The van der Waals surface area contributed by atoms with Crippen LogP contribution in [0.4, 0.5) is 11.8 Å². The number of hydrogen-bond acceptors (Lipinski definition) is 6. The van der Waals surface area contributed by atoms with E-state index in [1.165, 1.54) is 12.4 Å². The van der Waals surface area contributed by atoms with E-state index < -0.39 is 9.84 Å². The number of pyridine rings is 1. The van der Waals surface area contributed by atoms with Crippen molar-refractivity contribution in [1.82, 2.24) is 20.2 Å². The number of nitrogens with one attached hydrogen (secondary N) is 2. The molecular weight excluding hydrogens is 230 g/mol. The second kappa shape index (κ2) is 3.89. The summed E-state index contributed by atoms with van der Waals surface area (Å²) in [5.74, 6) is 0.790. The van der Waals surface area contributed by atoms with E-state index in [-0.39, 0.29) is 5.03 Å². The molecule has 2 aromatic heterocycles. The number of aromatic amines is 1. The molecule has 0 saturated carbocycles. The normalized spacial score (nSPS) is 11.3. The van der Waals surface area contributed by atoms with Crippen LogP contribution in [0.25, 0.3) is 0 Å². The van der Waals surface area contributed by atoms with Crippen molar-refractivity contribution in [2.45, 2.75) is 5.03 Å². The molecule has 7 nitrogen and oxygen atoms in total.